The standard InChI is InChI=1S/C27H33N5O2/c1-29-17-20(15-28-29)31-12-10-30(11-13-31)16-19-14-23-24(22-7-3-2-6-21(19)22)18-32(27(23)34)25-8-4-5-9-26(25)33/h2-3,6-7,14-15,17,25-26,33H,4-5,8-13,16,18H2,1H3/t25-,26-/m1/s1. The van der Waals surface area contributed by atoms with Crippen molar-refractivity contribution in [3.05, 3.63) is 59.4 Å². The maximum absolute atomic E-state index is 13.5. The van der Waals surface area contributed by atoms with Gasteiger partial charge in [-0.2, -0.15) is 5.10 Å². The van der Waals surface area contributed by atoms with Gasteiger partial charge in [0, 0.05) is 58.1 Å². The fourth-order valence-corrected chi connectivity index (χ4v) is 6.10. The summed E-state index contributed by atoms with van der Waals surface area (Å²) in [5.74, 6) is 0.0920. The first-order chi connectivity index (χ1) is 16.6. The number of hydrogen-bond acceptors (Lipinski definition) is 5. The van der Waals surface area contributed by atoms with E-state index in [0.29, 0.717) is 6.54 Å². The SMILES string of the molecule is Cn1cc(N2CCN(Cc3cc4c(c5ccccc35)CN([C@@H]3CCCC[C@H]3O)C4=O)CC2)cn1. The molecule has 6 rings (SSSR count). The number of carbonyl (C=O) groups excluding carboxylic acids is 1. The average molecular weight is 460 g/mol. The van der Waals surface area contributed by atoms with Crippen LogP contribution in [0, 0.1) is 0 Å². The van der Waals surface area contributed by atoms with Crippen LogP contribution in [0.4, 0.5) is 5.69 Å². The minimum Gasteiger partial charge on any atom is -0.391 e. The maximum atomic E-state index is 13.5. The monoisotopic (exact) mass is 459 g/mol. The van der Waals surface area contributed by atoms with E-state index in [1.54, 1.807) is 0 Å². The van der Waals surface area contributed by atoms with Crippen molar-refractivity contribution < 1.29 is 9.90 Å². The Hall–Kier alpha value is -2.90. The zero-order valence-electron chi connectivity index (χ0n) is 19.9. The van der Waals surface area contributed by atoms with Crippen molar-refractivity contribution in [3.63, 3.8) is 0 Å². The highest BCUT2D eigenvalue weighted by molar-refractivity contribution is 6.05. The van der Waals surface area contributed by atoms with E-state index in [9.17, 15) is 9.90 Å². The number of aliphatic hydroxyl groups is 1. The molecular formula is C27H33N5O2. The predicted octanol–water partition coefficient (Wildman–Crippen LogP) is 3.15. The lowest BCUT2D eigenvalue weighted by Gasteiger charge is -2.35. The van der Waals surface area contributed by atoms with Gasteiger partial charge in [-0.1, -0.05) is 37.1 Å². The summed E-state index contributed by atoms with van der Waals surface area (Å²) >= 11 is 0. The van der Waals surface area contributed by atoms with Gasteiger partial charge in [-0.25, -0.2) is 0 Å². The minimum absolute atomic E-state index is 0.0589. The first kappa shape index (κ1) is 21.6. The molecule has 1 N–H and O–H groups in total. The van der Waals surface area contributed by atoms with Crippen molar-refractivity contribution >= 4 is 22.4 Å². The van der Waals surface area contributed by atoms with Crippen LogP contribution in [0.2, 0.25) is 0 Å². The summed E-state index contributed by atoms with van der Waals surface area (Å²) in [6.07, 6.45) is 7.42. The van der Waals surface area contributed by atoms with Gasteiger partial charge in [0.15, 0.2) is 0 Å². The Kier molecular flexibility index (Phi) is 5.54. The summed E-state index contributed by atoms with van der Waals surface area (Å²) in [6, 6.07) is 10.6. The fourth-order valence-electron chi connectivity index (χ4n) is 6.10. The van der Waals surface area contributed by atoms with Crippen LogP contribution in [0.15, 0.2) is 42.7 Å². The van der Waals surface area contributed by atoms with Crippen molar-refractivity contribution in [2.75, 3.05) is 31.1 Å². The fraction of sp³-hybridized carbons (Fsp3) is 0.481. The van der Waals surface area contributed by atoms with Gasteiger partial charge in [0.2, 0.25) is 0 Å². The highest BCUT2D eigenvalue weighted by Crippen LogP contribution is 2.37. The van der Waals surface area contributed by atoms with Gasteiger partial charge in [0.1, 0.15) is 0 Å². The number of anilines is 1. The number of aliphatic hydroxyl groups excluding tert-OH is 1. The van der Waals surface area contributed by atoms with E-state index < -0.39 is 6.10 Å². The Balaban J connectivity index is 1.25. The third-order valence-corrected chi connectivity index (χ3v) is 7.98. The average Bonchev–Trinajstić information content (AvgIpc) is 3.44. The van der Waals surface area contributed by atoms with Crippen molar-refractivity contribution in [1.82, 2.24) is 19.6 Å². The first-order valence-corrected chi connectivity index (χ1v) is 12.6. The van der Waals surface area contributed by atoms with E-state index >= 15 is 0 Å². The molecule has 34 heavy (non-hydrogen) atoms. The number of benzene rings is 2. The second-order valence-electron chi connectivity index (χ2n) is 10.1. The molecule has 178 valence electrons. The van der Waals surface area contributed by atoms with Crippen LogP contribution in [-0.2, 0) is 20.1 Å². The van der Waals surface area contributed by atoms with Crippen molar-refractivity contribution in [2.45, 2.75) is 50.9 Å². The molecule has 2 aliphatic heterocycles. The highest BCUT2D eigenvalue weighted by atomic mass is 16.3. The minimum atomic E-state index is -0.408. The number of rotatable bonds is 4. The van der Waals surface area contributed by atoms with Crippen LogP contribution in [0.1, 0.15) is 47.2 Å². The molecule has 1 aliphatic carbocycles. The quantitative estimate of drug-likeness (QED) is 0.649. The molecule has 1 amide bonds. The highest BCUT2D eigenvalue weighted by Gasteiger charge is 2.38. The van der Waals surface area contributed by atoms with Gasteiger partial charge in [0.05, 0.1) is 24.0 Å². The summed E-state index contributed by atoms with van der Waals surface area (Å²) in [7, 11) is 1.95. The molecule has 3 aliphatic rings. The molecule has 2 atom stereocenters. The van der Waals surface area contributed by atoms with Crippen molar-refractivity contribution in [1.29, 1.82) is 0 Å². The summed E-state index contributed by atoms with van der Waals surface area (Å²) in [5.41, 5.74) is 4.37. The van der Waals surface area contributed by atoms with Crippen LogP contribution in [0.3, 0.4) is 0 Å². The molecule has 0 unspecified atom stereocenters. The third kappa shape index (κ3) is 3.77. The largest absolute Gasteiger partial charge is 0.391 e. The van der Waals surface area contributed by atoms with E-state index in [1.165, 1.54) is 22.0 Å². The van der Waals surface area contributed by atoms with Crippen LogP contribution in [-0.4, -0.2) is 68.9 Å². The van der Waals surface area contributed by atoms with Crippen molar-refractivity contribution in [2.24, 2.45) is 7.05 Å². The molecule has 2 fully saturated rings. The number of amides is 1. The molecule has 1 saturated heterocycles. The second kappa shape index (κ2) is 8.71. The summed E-state index contributed by atoms with van der Waals surface area (Å²) in [5, 5.41) is 17.3. The summed E-state index contributed by atoms with van der Waals surface area (Å²) in [6.45, 7) is 5.36. The number of carbonyl (C=O) groups is 1. The molecule has 2 aromatic carbocycles. The molecule has 0 spiro atoms. The third-order valence-electron chi connectivity index (χ3n) is 7.98. The van der Waals surface area contributed by atoms with Gasteiger partial charge in [-0.15, -0.1) is 0 Å². The number of nitrogens with zero attached hydrogens (tertiary/aromatic N) is 5. The van der Waals surface area contributed by atoms with E-state index in [1.807, 2.05) is 22.8 Å². The molecule has 1 aromatic heterocycles. The maximum Gasteiger partial charge on any atom is 0.254 e. The van der Waals surface area contributed by atoms with Gasteiger partial charge in [-0.3, -0.25) is 14.4 Å². The van der Waals surface area contributed by atoms with Crippen LogP contribution in [0.5, 0.6) is 0 Å². The van der Waals surface area contributed by atoms with E-state index in [4.69, 9.17) is 0 Å². The van der Waals surface area contributed by atoms with Crippen molar-refractivity contribution in [3.8, 4) is 0 Å². The van der Waals surface area contributed by atoms with E-state index in [0.717, 1.165) is 69.5 Å². The number of piperazine rings is 1. The smallest absolute Gasteiger partial charge is 0.254 e. The molecule has 0 radical (unpaired) electrons. The van der Waals surface area contributed by atoms with Gasteiger partial charge < -0.3 is 14.9 Å². The number of aromatic nitrogens is 2. The van der Waals surface area contributed by atoms with Crippen LogP contribution < -0.4 is 4.90 Å². The molecule has 0 bridgehead atoms. The van der Waals surface area contributed by atoms with Crippen LogP contribution >= 0.6 is 0 Å². The molecule has 3 aromatic rings. The Bertz CT molecular complexity index is 1210. The van der Waals surface area contributed by atoms with Gasteiger partial charge >= 0.3 is 0 Å². The second-order valence-corrected chi connectivity index (χ2v) is 10.1. The first-order valence-electron chi connectivity index (χ1n) is 12.6. The molecule has 7 heteroatoms. The number of hydrogen-bond donors (Lipinski definition) is 1. The lowest BCUT2D eigenvalue weighted by Crippen LogP contribution is -2.46. The lowest BCUT2D eigenvalue weighted by atomic mass is 9.91. The summed E-state index contributed by atoms with van der Waals surface area (Å²) in [4.78, 5) is 20.3. The topological polar surface area (TPSA) is 64.8 Å². The van der Waals surface area contributed by atoms with E-state index in [2.05, 4.69) is 51.4 Å². The zero-order chi connectivity index (χ0) is 23.2. The van der Waals surface area contributed by atoms with Crippen LogP contribution in [0.25, 0.3) is 10.8 Å². The van der Waals surface area contributed by atoms with Gasteiger partial charge in [0.25, 0.3) is 5.91 Å². The Morgan fingerprint density at radius 2 is 1.82 bits per heavy atom. The summed E-state index contributed by atoms with van der Waals surface area (Å²) < 4.78 is 1.85. The Morgan fingerprint density at radius 1 is 1.06 bits per heavy atom. The normalized spacial score (nSPS) is 23.6. The predicted molar refractivity (Wildman–Crippen MR) is 133 cm³/mol. The molecular weight excluding hydrogens is 426 g/mol. The molecule has 7 nitrogen and oxygen atoms in total. The zero-order valence-corrected chi connectivity index (χ0v) is 19.9. The van der Waals surface area contributed by atoms with Gasteiger partial charge in [-0.05, 0) is 40.8 Å². The lowest BCUT2D eigenvalue weighted by molar-refractivity contribution is 0.0192. The molecule has 1 saturated carbocycles. The Morgan fingerprint density at radius 3 is 2.56 bits per heavy atom. The Labute approximate surface area is 200 Å². The molecule has 3 heterocycles. The van der Waals surface area contributed by atoms with E-state index in [-0.39, 0.29) is 11.9 Å². The number of aryl methyl sites for hydroxylation is 1. The number of fused-ring (bicyclic) bond motifs is 3.